The first-order valence-corrected chi connectivity index (χ1v) is 6.12. The number of benzene rings is 2. The first-order chi connectivity index (χ1) is 8.52. The SMILES string of the molecule is COc1c(Br)cc(C)cc1-c1ccc(F)cc1F. The lowest BCUT2D eigenvalue weighted by Crippen LogP contribution is -1.93. The second kappa shape index (κ2) is 5.06. The monoisotopic (exact) mass is 312 g/mol. The van der Waals surface area contributed by atoms with Gasteiger partial charge in [-0.15, -0.1) is 0 Å². The molecule has 0 N–H and O–H groups in total. The van der Waals surface area contributed by atoms with Gasteiger partial charge < -0.3 is 4.74 Å². The molecule has 18 heavy (non-hydrogen) atoms. The minimum Gasteiger partial charge on any atom is -0.495 e. The lowest BCUT2D eigenvalue weighted by molar-refractivity contribution is 0.413. The number of aryl methyl sites for hydroxylation is 1. The summed E-state index contributed by atoms with van der Waals surface area (Å²) in [6, 6.07) is 7.19. The van der Waals surface area contributed by atoms with Gasteiger partial charge in [-0.2, -0.15) is 0 Å². The summed E-state index contributed by atoms with van der Waals surface area (Å²) < 4.78 is 32.7. The van der Waals surface area contributed by atoms with Crippen LogP contribution in [0.3, 0.4) is 0 Å². The first kappa shape index (κ1) is 13.0. The van der Waals surface area contributed by atoms with E-state index < -0.39 is 11.6 Å². The Kier molecular flexibility index (Phi) is 3.66. The van der Waals surface area contributed by atoms with E-state index in [1.54, 1.807) is 6.07 Å². The molecule has 0 atom stereocenters. The zero-order valence-corrected chi connectivity index (χ0v) is 11.5. The molecule has 4 heteroatoms. The minimum absolute atomic E-state index is 0.317. The average molecular weight is 313 g/mol. The van der Waals surface area contributed by atoms with Crippen LogP contribution in [0, 0.1) is 18.6 Å². The van der Waals surface area contributed by atoms with E-state index in [1.165, 1.54) is 19.2 Å². The highest BCUT2D eigenvalue weighted by atomic mass is 79.9. The van der Waals surface area contributed by atoms with E-state index in [1.807, 2.05) is 13.0 Å². The van der Waals surface area contributed by atoms with Crippen LogP contribution in [0.1, 0.15) is 5.56 Å². The summed E-state index contributed by atoms with van der Waals surface area (Å²) in [5.74, 6) is -0.668. The molecule has 0 fully saturated rings. The molecule has 0 bridgehead atoms. The molecule has 0 saturated heterocycles. The highest BCUT2D eigenvalue weighted by Crippen LogP contribution is 2.38. The Morgan fingerprint density at radius 1 is 1.06 bits per heavy atom. The molecule has 2 aromatic carbocycles. The molecule has 0 spiro atoms. The largest absolute Gasteiger partial charge is 0.495 e. The predicted octanol–water partition coefficient (Wildman–Crippen LogP) is 4.71. The van der Waals surface area contributed by atoms with Crippen molar-refractivity contribution in [2.24, 2.45) is 0 Å². The second-order valence-electron chi connectivity index (χ2n) is 3.95. The Hall–Kier alpha value is -1.42. The van der Waals surface area contributed by atoms with Gasteiger partial charge in [0.25, 0.3) is 0 Å². The zero-order chi connectivity index (χ0) is 13.3. The number of rotatable bonds is 2. The van der Waals surface area contributed by atoms with E-state index in [4.69, 9.17) is 4.74 Å². The minimum atomic E-state index is -0.606. The van der Waals surface area contributed by atoms with E-state index >= 15 is 0 Å². The van der Waals surface area contributed by atoms with Crippen LogP contribution in [0.4, 0.5) is 8.78 Å². The van der Waals surface area contributed by atoms with Crippen LogP contribution in [0.5, 0.6) is 5.75 Å². The van der Waals surface area contributed by atoms with Gasteiger partial charge in [-0.3, -0.25) is 0 Å². The summed E-state index contributed by atoms with van der Waals surface area (Å²) >= 11 is 3.37. The highest BCUT2D eigenvalue weighted by molar-refractivity contribution is 9.10. The summed E-state index contributed by atoms with van der Waals surface area (Å²) in [5, 5.41) is 0. The van der Waals surface area contributed by atoms with Gasteiger partial charge in [-0.05, 0) is 52.7 Å². The standard InChI is InChI=1S/C14H11BrF2O/c1-8-5-11(14(18-2)12(15)6-8)10-4-3-9(16)7-13(10)17/h3-7H,1-2H3. The summed E-state index contributed by atoms with van der Waals surface area (Å²) in [6.45, 7) is 1.90. The molecule has 0 amide bonds. The fourth-order valence-corrected chi connectivity index (χ4v) is 2.58. The third kappa shape index (κ3) is 2.38. The quantitative estimate of drug-likeness (QED) is 0.780. The summed E-state index contributed by atoms with van der Waals surface area (Å²) in [6.07, 6.45) is 0. The van der Waals surface area contributed by atoms with Crippen LogP contribution in [0.15, 0.2) is 34.8 Å². The van der Waals surface area contributed by atoms with E-state index in [2.05, 4.69) is 15.9 Å². The predicted molar refractivity (Wildman–Crippen MR) is 70.8 cm³/mol. The van der Waals surface area contributed by atoms with Crippen molar-refractivity contribution >= 4 is 15.9 Å². The zero-order valence-electron chi connectivity index (χ0n) is 9.93. The average Bonchev–Trinajstić information content (AvgIpc) is 2.28. The van der Waals surface area contributed by atoms with Gasteiger partial charge in [-0.1, -0.05) is 0 Å². The van der Waals surface area contributed by atoms with Crippen molar-refractivity contribution < 1.29 is 13.5 Å². The van der Waals surface area contributed by atoms with Gasteiger partial charge in [-0.25, -0.2) is 8.78 Å². The van der Waals surface area contributed by atoms with Crippen molar-refractivity contribution in [1.29, 1.82) is 0 Å². The van der Waals surface area contributed by atoms with E-state index in [0.29, 0.717) is 16.9 Å². The maximum absolute atomic E-state index is 13.8. The smallest absolute Gasteiger partial charge is 0.140 e. The molecule has 0 aliphatic heterocycles. The van der Waals surface area contributed by atoms with Crippen molar-refractivity contribution in [3.05, 3.63) is 52.0 Å². The van der Waals surface area contributed by atoms with Crippen molar-refractivity contribution in [3.8, 4) is 16.9 Å². The number of halogens is 3. The van der Waals surface area contributed by atoms with Gasteiger partial charge in [0.2, 0.25) is 0 Å². The molecule has 0 unspecified atom stereocenters. The lowest BCUT2D eigenvalue weighted by Gasteiger charge is -2.12. The Morgan fingerprint density at radius 2 is 1.78 bits per heavy atom. The number of hydrogen-bond acceptors (Lipinski definition) is 1. The number of methoxy groups -OCH3 is 1. The molecule has 0 aliphatic rings. The highest BCUT2D eigenvalue weighted by Gasteiger charge is 2.14. The van der Waals surface area contributed by atoms with E-state index in [-0.39, 0.29) is 0 Å². The van der Waals surface area contributed by atoms with Crippen LogP contribution in [0.25, 0.3) is 11.1 Å². The maximum atomic E-state index is 13.8. The molecule has 0 heterocycles. The van der Waals surface area contributed by atoms with Gasteiger partial charge in [0.15, 0.2) is 0 Å². The van der Waals surface area contributed by atoms with Crippen LogP contribution in [0.2, 0.25) is 0 Å². The molecular formula is C14H11BrF2O. The molecular weight excluding hydrogens is 302 g/mol. The summed E-state index contributed by atoms with van der Waals surface area (Å²) in [7, 11) is 1.51. The van der Waals surface area contributed by atoms with Crippen molar-refractivity contribution in [3.63, 3.8) is 0 Å². The number of ether oxygens (including phenoxy) is 1. The molecule has 0 aliphatic carbocycles. The molecule has 0 saturated carbocycles. The third-order valence-corrected chi connectivity index (χ3v) is 3.20. The molecule has 94 valence electrons. The molecule has 2 rings (SSSR count). The third-order valence-electron chi connectivity index (χ3n) is 2.61. The first-order valence-electron chi connectivity index (χ1n) is 5.32. The van der Waals surface area contributed by atoms with Crippen molar-refractivity contribution in [2.45, 2.75) is 6.92 Å². The normalized spacial score (nSPS) is 10.5. The van der Waals surface area contributed by atoms with Gasteiger partial charge in [0.05, 0.1) is 11.6 Å². The van der Waals surface area contributed by atoms with Crippen molar-refractivity contribution in [2.75, 3.05) is 7.11 Å². The lowest BCUT2D eigenvalue weighted by atomic mass is 10.0. The maximum Gasteiger partial charge on any atom is 0.140 e. The van der Waals surface area contributed by atoms with Gasteiger partial charge >= 0.3 is 0 Å². The van der Waals surface area contributed by atoms with E-state index in [9.17, 15) is 8.78 Å². The van der Waals surface area contributed by atoms with E-state index in [0.717, 1.165) is 16.1 Å². The van der Waals surface area contributed by atoms with Crippen LogP contribution >= 0.6 is 15.9 Å². The van der Waals surface area contributed by atoms with Gasteiger partial charge in [0.1, 0.15) is 17.4 Å². The second-order valence-corrected chi connectivity index (χ2v) is 4.81. The molecule has 2 aromatic rings. The molecule has 0 radical (unpaired) electrons. The van der Waals surface area contributed by atoms with Crippen LogP contribution in [-0.4, -0.2) is 7.11 Å². The fraction of sp³-hybridized carbons (Fsp3) is 0.143. The topological polar surface area (TPSA) is 9.23 Å². The van der Waals surface area contributed by atoms with Gasteiger partial charge in [0, 0.05) is 17.2 Å². The molecule has 1 nitrogen and oxygen atoms in total. The fourth-order valence-electron chi connectivity index (χ4n) is 1.84. The Balaban J connectivity index is 2.69. The molecule has 0 aromatic heterocycles. The summed E-state index contributed by atoms with van der Waals surface area (Å²) in [5.41, 5.74) is 1.88. The van der Waals surface area contributed by atoms with Crippen molar-refractivity contribution in [1.82, 2.24) is 0 Å². The number of hydrogen-bond donors (Lipinski definition) is 0. The Bertz CT molecular complexity index is 597. The van der Waals surface area contributed by atoms with Crippen LogP contribution in [-0.2, 0) is 0 Å². The Morgan fingerprint density at radius 3 is 2.39 bits per heavy atom. The Labute approximate surface area is 113 Å². The summed E-state index contributed by atoms with van der Waals surface area (Å²) in [4.78, 5) is 0. The van der Waals surface area contributed by atoms with Crippen LogP contribution < -0.4 is 4.74 Å².